The zero-order valence-corrected chi connectivity index (χ0v) is 8.18. The molecule has 0 saturated heterocycles. The Labute approximate surface area is 81.7 Å². The number of nitrogens with two attached hydrogens (primary N) is 1. The van der Waals surface area contributed by atoms with Gasteiger partial charge in [0.05, 0.1) is 4.47 Å². The monoisotopic (exact) mass is 251 g/mol. The molecule has 0 amide bonds. The third-order valence-corrected chi connectivity index (χ3v) is 2.10. The Bertz CT molecular complexity index is 340. The van der Waals surface area contributed by atoms with Crippen LogP contribution in [0.1, 0.15) is 5.56 Å². The lowest BCUT2D eigenvalue weighted by Gasteiger charge is -2.01. The SMILES string of the molecule is NC(=S)c1cc(F)c(Br)cc1F. The lowest BCUT2D eigenvalue weighted by molar-refractivity contribution is 0.592. The minimum Gasteiger partial charge on any atom is -0.389 e. The van der Waals surface area contributed by atoms with E-state index >= 15 is 0 Å². The smallest absolute Gasteiger partial charge is 0.138 e. The molecule has 1 aromatic carbocycles. The van der Waals surface area contributed by atoms with Crippen LogP contribution in [0.2, 0.25) is 0 Å². The van der Waals surface area contributed by atoms with Crippen molar-refractivity contribution in [3.63, 3.8) is 0 Å². The van der Waals surface area contributed by atoms with Crippen LogP contribution < -0.4 is 5.73 Å². The van der Waals surface area contributed by atoms with E-state index in [1.165, 1.54) is 0 Å². The highest BCUT2D eigenvalue weighted by molar-refractivity contribution is 9.10. The lowest BCUT2D eigenvalue weighted by atomic mass is 10.2. The molecule has 0 aromatic heterocycles. The third kappa shape index (κ3) is 1.78. The maximum absolute atomic E-state index is 12.9. The summed E-state index contributed by atoms with van der Waals surface area (Å²) >= 11 is 7.34. The molecule has 0 saturated carbocycles. The van der Waals surface area contributed by atoms with Crippen LogP contribution in [0.3, 0.4) is 0 Å². The zero-order valence-electron chi connectivity index (χ0n) is 5.77. The molecule has 0 spiro atoms. The van der Waals surface area contributed by atoms with Gasteiger partial charge in [-0.05, 0) is 28.1 Å². The van der Waals surface area contributed by atoms with Gasteiger partial charge in [-0.25, -0.2) is 8.78 Å². The Morgan fingerprint density at radius 1 is 1.33 bits per heavy atom. The molecule has 0 heterocycles. The molecule has 2 N–H and O–H groups in total. The van der Waals surface area contributed by atoms with Gasteiger partial charge in [0.25, 0.3) is 0 Å². The van der Waals surface area contributed by atoms with Gasteiger partial charge < -0.3 is 5.73 Å². The van der Waals surface area contributed by atoms with E-state index in [1.807, 2.05) is 0 Å². The third-order valence-electron chi connectivity index (χ3n) is 1.28. The molecule has 0 aliphatic rings. The van der Waals surface area contributed by atoms with E-state index in [1.54, 1.807) is 0 Å². The Kier molecular flexibility index (Phi) is 2.74. The van der Waals surface area contributed by atoms with Gasteiger partial charge in [0.2, 0.25) is 0 Å². The minimum atomic E-state index is -0.629. The minimum absolute atomic E-state index is 0.0556. The topological polar surface area (TPSA) is 26.0 Å². The first kappa shape index (κ1) is 9.54. The average Bonchev–Trinajstić information content (AvgIpc) is 1.96. The van der Waals surface area contributed by atoms with Crippen LogP contribution in [0.25, 0.3) is 0 Å². The maximum atomic E-state index is 12.9. The first-order valence-corrected chi connectivity index (χ1v) is 4.17. The lowest BCUT2D eigenvalue weighted by Crippen LogP contribution is -2.12. The van der Waals surface area contributed by atoms with Gasteiger partial charge in [-0.15, -0.1) is 0 Å². The quantitative estimate of drug-likeness (QED) is 0.613. The fourth-order valence-corrected chi connectivity index (χ4v) is 1.18. The van der Waals surface area contributed by atoms with Crippen LogP contribution in [-0.4, -0.2) is 4.99 Å². The van der Waals surface area contributed by atoms with Crippen LogP contribution in [-0.2, 0) is 0 Å². The van der Waals surface area contributed by atoms with Crippen LogP contribution >= 0.6 is 28.1 Å². The summed E-state index contributed by atoms with van der Waals surface area (Å²) in [6.45, 7) is 0. The molecule has 12 heavy (non-hydrogen) atoms. The van der Waals surface area contributed by atoms with E-state index in [4.69, 9.17) is 5.73 Å². The highest BCUT2D eigenvalue weighted by Gasteiger charge is 2.09. The van der Waals surface area contributed by atoms with Crippen molar-refractivity contribution in [1.29, 1.82) is 0 Å². The number of hydrogen-bond acceptors (Lipinski definition) is 1. The van der Waals surface area contributed by atoms with Crippen molar-refractivity contribution in [3.05, 3.63) is 33.8 Å². The number of hydrogen-bond donors (Lipinski definition) is 1. The second kappa shape index (κ2) is 3.45. The summed E-state index contributed by atoms with van der Waals surface area (Å²) in [5.74, 6) is -1.21. The molecule has 0 aliphatic heterocycles. The predicted molar refractivity (Wildman–Crippen MR) is 49.9 cm³/mol. The van der Waals surface area contributed by atoms with Crippen molar-refractivity contribution in [3.8, 4) is 0 Å². The van der Waals surface area contributed by atoms with Gasteiger partial charge in [0, 0.05) is 5.56 Å². The highest BCUT2D eigenvalue weighted by Crippen LogP contribution is 2.19. The summed E-state index contributed by atoms with van der Waals surface area (Å²) in [4.78, 5) is -0.154. The average molecular weight is 252 g/mol. The summed E-state index contributed by atoms with van der Waals surface area (Å²) in [6.07, 6.45) is 0. The number of rotatable bonds is 1. The van der Waals surface area contributed by atoms with Gasteiger partial charge in [0.1, 0.15) is 16.6 Å². The van der Waals surface area contributed by atoms with Crippen molar-refractivity contribution >= 4 is 33.1 Å². The number of benzene rings is 1. The van der Waals surface area contributed by atoms with Crippen molar-refractivity contribution in [2.45, 2.75) is 0 Å². The fourth-order valence-electron chi connectivity index (χ4n) is 0.711. The first-order chi connectivity index (χ1) is 5.52. The van der Waals surface area contributed by atoms with Crippen molar-refractivity contribution in [2.75, 3.05) is 0 Å². The van der Waals surface area contributed by atoms with E-state index in [9.17, 15) is 8.78 Å². The van der Waals surface area contributed by atoms with Gasteiger partial charge in [-0.3, -0.25) is 0 Å². The van der Waals surface area contributed by atoms with Crippen molar-refractivity contribution in [2.24, 2.45) is 5.73 Å². The van der Waals surface area contributed by atoms with E-state index in [0.29, 0.717) is 0 Å². The van der Waals surface area contributed by atoms with Gasteiger partial charge in [0.15, 0.2) is 0 Å². The van der Waals surface area contributed by atoms with Crippen molar-refractivity contribution < 1.29 is 8.78 Å². The molecule has 0 radical (unpaired) electrons. The normalized spacial score (nSPS) is 9.92. The van der Waals surface area contributed by atoms with E-state index in [0.717, 1.165) is 12.1 Å². The van der Waals surface area contributed by atoms with Crippen molar-refractivity contribution in [1.82, 2.24) is 0 Å². The van der Waals surface area contributed by atoms with E-state index in [2.05, 4.69) is 28.1 Å². The molecule has 0 unspecified atom stereocenters. The molecule has 1 aromatic rings. The standard InChI is InChI=1S/C7H4BrF2NS/c8-4-2-5(9)3(7(11)12)1-6(4)10/h1-2H,(H2,11,12). The van der Waals surface area contributed by atoms with E-state index < -0.39 is 11.6 Å². The summed E-state index contributed by atoms with van der Waals surface area (Å²) in [5.41, 5.74) is 5.06. The molecule has 1 nitrogen and oxygen atoms in total. The summed E-state index contributed by atoms with van der Waals surface area (Å²) in [7, 11) is 0. The first-order valence-electron chi connectivity index (χ1n) is 2.96. The Morgan fingerprint density at radius 3 is 2.42 bits per heavy atom. The summed E-state index contributed by atoms with van der Waals surface area (Å²) in [5, 5.41) is 0. The van der Waals surface area contributed by atoms with Crippen LogP contribution in [0.5, 0.6) is 0 Å². The molecule has 0 fully saturated rings. The molecule has 0 aliphatic carbocycles. The Morgan fingerprint density at radius 2 is 1.92 bits per heavy atom. The maximum Gasteiger partial charge on any atom is 0.138 e. The van der Waals surface area contributed by atoms with Crippen LogP contribution in [0.4, 0.5) is 8.78 Å². The summed E-state index contributed by atoms with van der Waals surface area (Å²) in [6, 6.07) is 1.95. The van der Waals surface area contributed by atoms with E-state index in [-0.39, 0.29) is 15.0 Å². The molecular formula is C7H4BrF2NS. The molecule has 0 bridgehead atoms. The Hall–Kier alpha value is -0.550. The molecule has 5 heteroatoms. The zero-order chi connectivity index (χ0) is 9.30. The molecule has 1 rings (SSSR count). The molecule has 0 atom stereocenters. The van der Waals surface area contributed by atoms with Crippen LogP contribution in [0, 0.1) is 11.6 Å². The summed E-state index contributed by atoms with van der Waals surface area (Å²) < 4.78 is 25.8. The molecule has 64 valence electrons. The Balaban J connectivity index is 3.33. The van der Waals surface area contributed by atoms with Gasteiger partial charge >= 0.3 is 0 Å². The largest absolute Gasteiger partial charge is 0.389 e. The number of halogens is 3. The highest BCUT2D eigenvalue weighted by atomic mass is 79.9. The fraction of sp³-hybridized carbons (Fsp3) is 0. The molecular weight excluding hydrogens is 248 g/mol. The second-order valence-corrected chi connectivity index (χ2v) is 3.40. The van der Waals surface area contributed by atoms with Gasteiger partial charge in [-0.1, -0.05) is 12.2 Å². The van der Waals surface area contributed by atoms with Crippen LogP contribution in [0.15, 0.2) is 16.6 Å². The second-order valence-electron chi connectivity index (χ2n) is 2.11. The predicted octanol–water partition coefficient (Wildman–Crippen LogP) is 2.36. The van der Waals surface area contributed by atoms with Gasteiger partial charge in [-0.2, -0.15) is 0 Å². The number of thiocarbonyl (C=S) groups is 1.